The highest BCUT2D eigenvalue weighted by molar-refractivity contribution is 7.88. The first-order chi connectivity index (χ1) is 26.1. The quantitative estimate of drug-likeness (QED) is 0.0858. The summed E-state index contributed by atoms with van der Waals surface area (Å²) >= 11 is 28.4. The summed E-state index contributed by atoms with van der Waals surface area (Å²) in [6, 6.07) is 14.4. The van der Waals surface area contributed by atoms with Crippen LogP contribution in [0.3, 0.4) is 0 Å². The largest absolute Gasteiger partial charge is 0.375 e. The van der Waals surface area contributed by atoms with Crippen molar-refractivity contribution in [2.24, 2.45) is 0 Å². The van der Waals surface area contributed by atoms with E-state index >= 15 is 0 Å². The minimum absolute atomic E-state index is 0.0926. The molecule has 282 valence electrons. The average molecular weight is 865 g/mol. The first-order valence-electron chi connectivity index (χ1n) is 17.5. The van der Waals surface area contributed by atoms with Crippen LogP contribution in [0.2, 0.25) is 20.1 Å². The number of thiophene rings is 2. The van der Waals surface area contributed by atoms with E-state index < -0.39 is 10.1 Å². The summed E-state index contributed by atoms with van der Waals surface area (Å²) in [5.74, 6) is 0. The van der Waals surface area contributed by atoms with Crippen LogP contribution in [0, 0.1) is 0 Å². The zero-order chi connectivity index (χ0) is 37.6. The Hall–Kier alpha value is -2.75. The summed E-state index contributed by atoms with van der Waals surface area (Å²) < 4.78 is 49.6. The summed E-state index contributed by atoms with van der Waals surface area (Å²) in [5.41, 5.74) is 9.37. The van der Waals surface area contributed by atoms with E-state index in [4.69, 9.17) is 66.1 Å². The van der Waals surface area contributed by atoms with Gasteiger partial charge in [0, 0.05) is 34.4 Å². The highest BCUT2D eigenvalue weighted by Crippen LogP contribution is 2.45. The number of benzene rings is 2. The third-order valence-electron chi connectivity index (χ3n) is 9.72. The van der Waals surface area contributed by atoms with Crippen LogP contribution in [0.15, 0.2) is 58.1 Å². The summed E-state index contributed by atoms with van der Waals surface area (Å²) in [7, 11) is -4.35. The van der Waals surface area contributed by atoms with Crippen LogP contribution in [0.5, 0.6) is 0 Å². The molecule has 2 aliphatic rings. The molecule has 4 heterocycles. The van der Waals surface area contributed by atoms with Crippen molar-refractivity contribution in [1.82, 2.24) is 19.6 Å². The molecule has 0 bridgehead atoms. The van der Waals surface area contributed by atoms with Crippen LogP contribution < -0.4 is 0 Å². The van der Waals surface area contributed by atoms with Gasteiger partial charge < -0.3 is 9.47 Å². The monoisotopic (exact) mass is 862 g/mol. The molecule has 0 amide bonds. The highest BCUT2D eigenvalue weighted by atomic mass is 35.5. The van der Waals surface area contributed by atoms with Gasteiger partial charge in [0.1, 0.15) is 4.21 Å². The van der Waals surface area contributed by atoms with Crippen molar-refractivity contribution in [3.8, 4) is 32.5 Å². The highest BCUT2D eigenvalue weighted by Gasteiger charge is 2.31. The second kappa shape index (κ2) is 16.0. The molecule has 2 aliphatic carbocycles. The molecular weight excluding hydrogens is 830 g/mol. The van der Waals surface area contributed by atoms with E-state index in [1.807, 2.05) is 16.8 Å². The number of aryl methyl sites for hydroxylation is 2. The van der Waals surface area contributed by atoms with Crippen molar-refractivity contribution in [2.75, 3.05) is 13.2 Å². The number of nitrogens with zero attached hydrogens (tertiary/aromatic N) is 4. The second-order valence-corrected chi connectivity index (χ2v) is 18.6. The maximum absolute atomic E-state index is 12.0. The first-order valence-corrected chi connectivity index (χ1v) is 22.2. The number of fused-ring (bicyclic) bond motifs is 6. The van der Waals surface area contributed by atoms with E-state index in [-0.39, 0.29) is 4.21 Å². The predicted molar refractivity (Wildman–Crippen MR) is 216 cm³/mol. The van der Waals surface area contributed by atoms with E-state index in [9.17, 15) is 13.0 Å². The number of halogens is 4. The Kier molecular flexibility index (Phi) is 11.3. The second-order valence-electron chi connectivity index (χ2n) is 13.3. The van der Waals surface area contributed by atoms with Crippen molar-refractivity contribution in [3.63, 3.8) is 0 Å². The molecule has 0 fully saturated rings. The molecule has 0 radical (unpaired) electrons. The predicted octanol–water partition coefficient (Wildman–Crippen LogP) is 10.9. The number of aromatic nitrogens is 4. The molecule has 2 aromatic carbocycles. The molecular formula is C38H34Cl4N4O5S3. The van der Waals surface area contributed by atoms with Crippen molar-refractivity contribution < 1.29 is 22.4 Å². The van der Waals surface area contributed by atoms with Crippen molar-refractivity contribution in [3.05, 3.63) is 108 Å². The van der Waals surface area contributed by atoms with Crippen LogP contribution in [-0.2, 0) is 58.5 Å². The molecule has 0 saturated carbocycles. The minimum Gasteiger partial charge on any atom is -0.375 e. The third-order valence-corrected chi connectivity index (χ3v) is 14.2. The Balaban J connectivity index is 0.856. The first kappa shape index (κ1) is 38.1. The SMILES string of the molecule is O=S(=O)(O)c1cc2c(s1)-c1c(c(COCCCCCCOCc3nn(-c4ccc(Cl)cc4Cl)c4c3CCc3ccsc3-4)nn1-c1ccc(Cl)cc1Cl)CC2. The summed E-state index contributed by atoms with van der Waals surface area (Å²) in [4.78, 5) is 1.97. The number of unbranched alkanes of at least 4 members (excludes halogenated alkanes) is 3. The van der Waals surface area contributed by atoms with Gasteiger partial charge in [-0.1, -0.05) is 59.2 Å². The fraction of sp³-hybridized carbons (Fsp3) is 0.316. The Morgan fingerprint density at radius 2 is 1.22 bits per heavy atom. The van der Waals surface area contributed by atoms with Gasteiger partial charge in [0.25, 0.3) is 0 Å². The number of hydrogen-bond acceptors (Lipinski definition) is 8. The van der Waals surface area contributed by atoms with E-state index in [1.54, 1.807) is 46.4 Å². The van der Waals surface area contributed by atoms with Gasteiger partial charge in [0.15, 0.2) is 0 Å². The topological polar surface area (TPSA) is 108 Å². The van der Waals surface area contributed by atoms with Gasteiger partial charge in [0.2, 0.25) is 0 Å². The number of ether oxygens (including phenoxy) is 2. The molecule has 0 unspecified atom stereocenters. The van der Waals surface area contributed by atoms with Gasteiger partial charge in [-0.15, -0.1) is 22.7 Å². The Morgan fingerprint density at radius 3 is 1.76 bits per heavy atom. The van der Waals surface area contributed by atoms with Gasteiger partial charge >= 0.3 is 10.1 Å². The number of hydrogen-bond donors (Lipinski definition) is 1. The average Bonchev–Trinajstić information content (AvgIpc) is 3.93. The molecule has 1 N–H and O–H groups in total. The molecule has 9 nitrogen and oxygen atoms in total. The smallest absolute Gasteiger partial charge is 0.304 e. The third kappa shape index (κ3) is 7.67. The van der Waals surface area contributed by atoms with Gasteiger partial charge in [-0.2, -0.15) is 18.6 Å². The standard InChI is InChI=1S/C38H34Cl4N4O5S3/c39-24-7-11-32(28(41)18-24)45-35-26(9-5-22-13-16-52-37(22)35)30(43-45)20-50-14-3-1-2-4-15-51-21-31-27-10-6-23-17-34(54(47,48)49)53-38(23)36(27)46(44-31)33-12-8-25(40)19-29(33)42/h7-8,11-13,16-19H,1-6,9-10,14-15,20-21H2,(H,47,48,49). The van der Waals surface area contributed by atoms with Crippen LogP contribution in [-0.4, -0.2) is 45.7 Å². The number of rotatable bonds is 14. The van der Waals surface area contributed by atoms with Gasteiger partial charge in [-0.05, 0) is 104 Å². The lowest BCUT2D eigenvalue weighted by Crippen LogP contribution is -2.06. The fourth-order valence-electron chi connectivity index (χ4n) is 7.15. The maximum Gasteiger partial charge on any atom is 0.304 e. The van der Waals surface area contributed by atoms with Gasteiger partial charge in [-0.3, -0.25) is 4.55 Å². The normalized spacial score (nSPS) is 13.5. The van der Waals surface area contributed by atoms with E-state index in [0.29, 0.717) is 65.0 Å². The van der Waals surface area contributed by atoms with Crippen molar-refractivity contribution in [1.29, 1.82) is 0 Å². The fourth-order valence-corrected chi connectivity index (χ4v) is 11.1. The molecule has 8 rings (SSSR count). The molecule has 0 saturated heterocycles. The van der Waals surface area contributed by atoms with Gasteiger partial charge in [-0.25, -0.2) is 9.36 Å². The van der Waals surface area contributed by atoms with Crippen LogP contribution in [0.25, 0.3) is 32.5 Å². The Labute approximate surface area is 341 Å². The Bertz CT molecular complexity index is 2470. The summed E-state index contributed by atoms with van der Waals surface area (Å²) in [6.45, 7) is 1.95. The Morgan fingerprint density at radius 1 is 0.685 bits per heavy atom. The van der Waals surface area contributed by atoms with Crippen molar-refractivity contribution >= 4 is 79.2 Å². The summed E-state index contributed by atoms with van der Waals surface area (Å²) in [5, 5.41) is 14.1. The van der Waals surface area contributed by atoms with E-state index in [2.05, 4.69) is 11.4 Å². The van der Waals surface area contributed by atoms with Crippen LogP contribution >= 0.6 is 69.1 Å². The molecule has 0 aliphatic heterocycles. The maximum atomic E-state index is 12.0. The lowest BCUT2D eigenvalue weighted by atomic mass is 9.95. The van der Waals surface area contributed by atoms with E-state index in [0.717, 1.165) is 94.3 Å². The van der Waals surface area contributed by atoms with Gasteiger partial charge in [0.05, 0.1) is 67.2 Å². The molecule has 54 heavy (non-hydrogen) atoms. The van der Waals surface area contributed by atoms with E-state index in [1.165, 1.54) is 16.0 Å². The molecule has 6 aromatic rings. The van der Waals surface area contributed by atoms with Crippen LogP contribution in [0.1, 0.15) is 59.3 Å². The lowest BCUT2D eigenvalue weighted by Gasteiger charge is -2.16. The molecule has 0 atom stereocenters. The molecule has 0 spiro atoms. The summed E-state index contributed by atoms with van der Waals surface area (Å²) in [6.07, 6.45) is 6.98. The molecule has 16 heteroatoms. The zero-order valence-corrected chi connectivity index (χ0v) is 34.3. The minimum atomic E-state index is -4.35. The van der Waals surface area contributed by atoms with Crippen LogP contribution in [0.4, 0.5) is 0 Å². The zero-order valence-electron chi connectivity index (χ0n) is 28.8. The lowest BCUT2D eigenvalue weighted by molar-refractivity contribution is 0.105. The molecule has 4 aromatic heterocycles. The van der Waals surface area contributed by atoms with Crippen molar-refractivity contribution in [2.45, 2.75) is 68.8 Å².